The van der Waals surface area contributed by atoms with E-state index in [-0.39, 0.29) is 6.04 Å². The van der Waals surface area contributed by atoms with Crippen molar-refractivity contribution in [2.75, 3.05) is 0 Å². The predicted octanol–water partition coefficient (Wildman–Crippen LogP) is 1.28. The summed E-state index contributed by atoms with van der Waals surface area (Å²) in [7, 11) is 0. The summed E-state index contributed by atoms with van der Waals surface area (Å²) >= 11 is 0. The summed E-state index contributed by atoms with van der Waals surface area (Å²) in [6.45, 7) is 8.63. The van der Waals surface area contributed by atoms with Gasteiger partial charge in [-0.15, -0.1) is 5.10 Å². The molecule has 1 atom stereocenters. The van der Waals surface area contributed by atoms with Crippen LogP contribution in [0, 0.1) is 5.92 Å². The van der Waals surface area contributed by atoms with Gasteiger partial charge in [-0.2, -0.15) is 0 Å². The van der Waals surface area contributed by atoms with E-state index in [4.69, 9.17) is 0 Å². The molecule has 0 saturated heterocycles. The van der Waals surface area contributed by atoms with E-state index in [1.165, 1.54) is 0 Å². The first-order valence-corrected chi connectivity index (χ1v) is 5.09. The van der Waals surface area contributed by atoms with Crippen LogP contribution in [0.4, 0.5) is 0 Å². The molecule has 0 aliphatic carbocycles. The topological polar surface area (TPSA) is 66.5 Å². The fourth-order valence-electron chi connectivity index (χ4n) is 1.45. The number of nitrogens with zero attached hydrogens (tertiary/aromatic N) is 3. The van der Waals surface area contributed by atoms with Crippen LogP contribution in [0.5, 0.6) is 0 Å². The molecule has 0 bridgehead atoms. The summed E-state index contributed by atoms with van der Waals surface area (Å²) in [5.41, 5.74) is 0. The van der Waals surface area contributed by atoms with Gasteiger partial charge in [0.2, 0.25) is 0 Å². The molecular weight excluding hydrogens is 178 g/mol. The lowest BCUT2D eigenvalue weighted by molar-refractivity contribution is 0.387. The molecule has 0 aromatic carbocycles. The Labute approximate surface area is 84.7 Å². The average molecular weight is 197 g/mol. The predicted molar refractivity (Wildman–Crippen MR) is 54.6 cm³/mol. The number of aromatic nitrogens is 4. The van der Waals surface area contributed by atoms with Crippen LogP contribution < -0.4 is 5.32 Å². The minimum Gasteiger partial charge on any atom is -0.305 e. The summed E-state index contributed by atoms with van der Waals surface area (Å²) in [5, 5.41) is 17.4. The Morgan fingerprint density at radius 1 is 1.29 bits per heavy atom. The Morgan fingerprint density at radius 3 is 2.43 bits per heavy atom. The molecule has 1 aromatic rings. The zero-order valence-corrected chi connectivity index (χ0v) is 9.28. The molecule has 1 rings (SSSR count). The van der Waals surface area contributed by atoms with Crippen LogP contribution in [0.15, 0.2) is 0 Å². The smallest absolute Gasteiger partial charge is 0.165 e. The molecule has 1 unspecified atom stereocenters. The highest BCUT2D eigenvalue weighted by atomic mass is 15.5. The lowest BCUT2D eigenvalue weighted by Gasteiger charge is -2.20. The van der Waals surface area contributed by atoms with Crippen molar-refractivity contribution in [1.82, 2.24) is 25.9 Å². The van der Waals surface area contributed by atoms with Crippen molar-refractivity contribution in [3.63, 3.8) is 0 Å². The van der Waals surface area contributed by atoms with Crippen LogP contribution in [-0.2, 0) is 0 Å². The van der Waals surface area contributed by atoms with Gasteiger partial charge >= 0.3 is 0 Å². The molecule has 2 N–H and O–H groups in total. The van der Waals surface area contributed by atoms with Crippen molar-refractivity contribution in [2.45, 2.75) is 46.2 Å². The van der Waals surface area contributed by atoms with Gasteiger partial charge in [0.05, 0.1) is 6.04 Å². The standard InChI is InChI=1S/C9H19N5/c1-6(2)5-8(10-7(3)4)9-11-13-14-12-9/h6-8,10H,5H2,1-4H3,(H,11,12,13,14). The molecule has 0 fully saturated rings. The number of nitrogens with one attached hydrogen (secondary N) is 2. The van der Waals surface area contributed by atoms with E-state index >= 15 is 0 Å². The van der Waals surface area contributed by atoms with Crippen LogP contribution in [0.3, 0.4) is 0 Å². The van der Waals surface area contributed by atoms with E-state index in [1.54, 1.807) is 0 Å². The summed E-state index contributed by atoms with van der Waals surface area (Å²) in [6, 6.07) is 0.661. The van der Waals surface area contributed by atoms with Crippen LogP contribution >= 0.6 is 0 Å². The number of H-pyrrole nitrogens is 1. The number of hydrogen-bond acceptors (Lipinski definition) is 4. The number of tetrazole rings is 1. The maximum atomic E-state index is 3.94. The highest BCUT2D eigenvalue weighted by molar-refractivity contribution is 4.90. The molecule has 1 aromatic heterocycles. The van der Waals surface area contributed by atoms with Gasteiger partial charge in [0.15, 0.2) is 5.82 Å². The van der Waals surface area contributed by atoms with E-state index < -0.39 is 0 Å². The van der Waals surface area contributed by atoms with Crippen LogP contribution in [0.1, 0.15) is 46.0 Å². The maximum Gasteiger partial charge on any atom is 0.165 e. The minimum absolute atomic E-state index is 0.227. The SMILES string of the molecule is CC(C)CC(NC(C)C)c1nnn[nH]1. The first-order chi connectivity index (χ1) is 6.59. The van der Waals surface area contributed by atoms with Gasteiger partial charge in [0.25, 0.3) is 0 Å². The Morgan fingerprint density at radius 2 is 2.00 bits per heavy atom. The summed E-state index contributed by atoms with van der Waals surface area (Å²) < 4.78 is 0. The van der Waals surface area contributed by atoms with Gasteiger partial charge in [-0.25, -0.2) is 5.10 Å². The Hall–Kier alpha value is -0.970. The van der Waals surface area contributed by atoms with Gasteiger partial charge in [-0.05, 0) is 22.8 Å². The Bertz CT molecular complexity index is 232. The summed E-state index contributed by atoms with van der Waals surface area (Å²) in [4.78, 5) is 0. The number of hydrogen-bond donors (Lipinski definition) is 2. The van der Waals surface area contributed by atoms with E-state index in [1.807, 2.05) is 0 Å². The third-order valence-electron chi connectivity index (χ3n) is 1.93. The van der Waals surface area contributed by atoms with Crippen LogP contribution in [0.2, 0.25) is 0 Å². The minimum atomic E-state index is 0.227. The van der Waals surface area contributed by atoms with Gasteiger partial charge in [0, 0.05) is 6.04 Å². The van der Waals surface area contributed by atoms with Gasteiger partial charge in [-0.3, -0.25) is 0 Å². The third-order valence-corrected chi connectivity index (χ3v) is 1.93. The molecule has 0 amide bonds. The monoisotopic (exact) mass is 197 g/mol. The largest absolute Gasteiger partial charge is 0.305 e. The number of aromatic amines is 1. The zero-order valence-electron chi connectivity index (χ0n) is 9.28. The van der Waals surface area contributed by atoms with Gasteiger partial charge in [-0.1, -0.05) is 27.7 Å². The first kappa shape index (κ1) is 11.1. The fourth-order valence-corrected chi connectivity index (χ4v) is 1.45. The Kier molecular flexibility index (Phi) is 4.00. The maximum absolute atomic E-state index is 3.94. The van der Waals surface area contributed by atoms with Crippen molar-refractivity contribution in [1.29, 1.82) is 0 Å². The van der Waals surface area contributed by atoms with E-state index in [0.29, 0.717) is 12.0 Å². The second-order valence-corrected chi connectivity index (χ2v) is 4.29. The highest BCUT2D eigenvalue weighted by Gasteiger charge is 2.17. The second-order valence-electron chi connectivity index (χ2n) is 4.29. The van der Waals surface area contributed by atoms with Gasteiger partial charge in [0.1, 0.15) is 0 Å². The normalized spacial score (nSPS) is 13.9. The average Bonchev–Trinajstić information content (AvgIpc) is 2.52. The molecule has 0 aliphatic rings. The van der Waals surface area contributed by atoms with E-state index in [2.05, 4.69) is 53.6 Å². The van der Waals surface area contributed by atoms with Crippen LogP contribution in [-0.4, -0.2) is 26.7 Å². The Balaban J connectivity index is 2.62. The van der Waals surface area contributed by atoms with Crippen molar-refractivity contribution in [3.8, 4) is 0 Å². The third kappa shape index (κ3) is 3.41. The molecule has 80 valence electrons. The fraction of sp³-hybridized carbons (Fsp3) is 0.889. The highest BCUT2D eigenvalue weighted by Crippen LogP contribution is 2.17. The first-order valence-electron chi connectivity index (χ1n) is 5.09. The molecule has 5 heteroatoms. The summed E-state index contributed by atoms with van der Waals surface area (Å²) in [5.74, 6) is 1.45. The van der Waals surface area contributed by atoms with Crippen molar-refractivity contribution >= 4 is 0 Å². The van der Waals surface area contributed by atoms with E-state index in [0.717, 1.165) is 12.2 Å². The lowest BCUT2D eigenvalue weighted by Crippen LogP contribution is -2.30. The van der Waals surface area contributed by atoms with Gasteiger partial charge < -0.3 is 5.32 Å². The molecule has 5 nitrogen and oxygen atoms in total. The number of rotatable bonds is 5. The molecule has 0 saturated carbocycles. The molecular formula is C9H19N5. The van der Waals surface area contributed by atoms with Crippen molar-refractivity contribution < 1.29 is 0 Å². The molecule has 0 spiro atoms. The molecule has 14 heavy (non-hydrogen) atoms. The quantitative estimate of drug-likeness (QED) is 0.746. The summed E-state index contributed by atoms with van der Waals surface area (Å²) in [6.07, 6.45) is 1.04. The van der Waals surface area contributed by atoms with Crippen LogP contribution in [0.25, 0.3) is 0 Å². The van der Waals surface area contributed by atoms with Crippen molar-refractivity contribution in [2.24, 2.45) is 5.92 Å². The van der Waals surface area contributed by atoms with Crippen molar-refractivity contribution in [3.05, 3.63) is 5.82 Å². The molecule has 0 radical (unpaired) electrons. The molecule has 0 aliphatic heterocycles. The van der Waals surface area contributed by atoms with E-state index in [9.17, 15) is 0 Å². The lowest BCUT2D eigenvalue weighted by atomic mass is 10.0. The zero-order chi connectivity index (χ0) is 10.6. The second kappa shape index (κ2) is 5.05. The molecule has 1 heterocycles.